The summed E-state index contributed by atoms with van der Waals surface area (Å²) in [7, 11) is 3.35. The maximum atomic E-state index is 10.5. The molecule has 0 aromatic carbocycles. The zero-order valence-electron chi connectivity index (χ0n) is 10.0. The number of nitrogens with two attached hydrogens (primary N) is 2. The van der Waals surface area contributed by atoms with Crippen LogP contribution in [0.15, 0.2) is 4.99 Å². The summed E-state index contributed by atoms with van der Waals surface area (Å²) in [6.07, 6.45) is 0.427. The normalized spacial score (nSPS) is 10.2. The molecule has 0 saturated heterocycles. The number of hydrogen-bond donors (Lipinski definition) is 3. The smallest absolute Gasteiger partial charge is 0.473 e. The molecule has 6 heteroatoms. The van der Waals surface area contributed by atoms with Gasteiger partial charge in [0.1, 0.15) is 0 Å². The van der Waals surface area contributed by atoms with E-state index in [1.165, 1.54) is 0 Å². The maximum absolute atomic E-state index is 10.5. The van der Waals surface area contributed by atoms with Crippen LogP contribution in [0.1, 0.15) is 20.3 Å². The summed E-state index contributed by atoms with van der Waals surface area (Å²) in [6, 6.07) is 0. The van der Waals surface area contributed by atoms with Gasteiger partial charge in [0, 0.05) is 6.54 Å². The van der Waals surface area contributed by atoms with Crippen molar-refractivity contribution in [1.29, 1.82) is 0 Å². The van der Waals surface area contributed by atoms with Crippen molar-refractivity contribution in [2.75, 3.05) is 13.1 Å². The number of Topliss-reactive ketones (excluding diaryl/α,β-unsaturated/α-hetero) is 1. The van der Waals surface area contributed by atoms with Crippen LogP contribution in [-0.2, 0) is 25.9 Å². The van der Waals surface area contributed by atoms with Crippen LogP contribution in [0.5, 0.6) is 0 Å². The molecule has 0 aromatic heterocycles. The Morgan fingerprint density at radius 1 is 1.50 bits per heavy atom. The molecule has 0 spiro atoms. The number of ketones is 1. The minimum absolute atomic E-state index is 0. The van der Waals surface area contributed by atoms with E-state index in [0.29, 0.717) is 13.0 Å². The number of rotatable bonds is 5. The fourth-order valence-electron chi connectivity index (χ4n) is 0.714. The van der Waals surface area contributed by atoms with Crippen molar-refractivity contribution in [2.45, 2.75) is 20.3 Å². The minimum Gasteiger partial charge on any atom is -0.473 e. The molecule has 0 aliphatic carbocycles. The van der Waals surface area contributed by atoms with E-state index in [-0.39, 0.29) is 38.7 Å². The molecule has 5 N–H and O–H groups in total. The molecule has 0 bridgehead atoms. The minimum atomic E-state index is -0.0803. The van der Waals surface area contributed by atoms with E-state index < -0.39 is 0 Å². The van der Waals surface area contributed by atoms with Gasteiger partial charge in [-0.05, 0) is 24.7 Å². The summed E-state index contributed by atoms with van der Waals surface area (Å²) >= 11 is 0. The van der Waals surface area contributed by atoms with E-state index in [1.54, 1.807) is 0 Å². The first kappa shape index (κ1) is 20.8. The monoisotopic (exact) mass is 398 g/mol. The summed E-state index contributed by atoms with van der Waals surface area (Å²) in [6.45, 7) is 8.61. The Morgan fingerprint density at radius 3 is 2.19 bits per heavy atom. The Labute approximate surface area is 113 Å². The molecule has 0 aliphatic rings. The third-order valence-electron chi connectivity index (χ3n) is 1.41. The van der Waals surface area contributed by atoms with E-state index in [2.05, 4.69) is 24.3 Å². The summed E-state index contributed by atoms with van der Waals surface area (Å²) < 4.78 is 0. The Bertz CT molecular complexity index is 191. The Morgan fingerprint density at radius 2 is 1.94 bits per heavy atom. The third-order valence-corrected chi connectivity index (χ3v) is 1.41. The van der Waals surface area contributed by atoms with Gasteiger partial charge in [0.2, 0.25) is 0 Å². The van der Waals surface area contributed by atoms with Crippen LogP contribution >= 0.6 is 0 Å². The Hall–Kier alpha value is -0.542. The van der Waals surface area contributed by atoms with Gasteiger partial charge in [-0.15, -0.1) is 0 Å². The molecular weight excluding hydrogens is 376 g/mol. The number of carbonyl (C=O) groups excluding carboxylic acids is 1. The molecule has 0 fully saturated rings. The van der Waals surface area contributed by atoms with Crippen molar-refractivity contribution in [1.82, 2.24) is 5.32 Å². The van der Waals surface area contributed by atoms with E-state index >= 15 is 0 Å². The topological polar surface area (TPSA) is 93.5 Å². The van der Waals surface area contributed by atoms with Gasteiger partial charge in [-0.2, -0.15) is 0 Å². The van der Waals surface area contributed by atoms with Gasteiger partial charge in [-0.25, -0.2) is 0 Å². The van der Waals surface area contributed by atoms with E-state index in [4.69, 9.17) is 11.5 Å². The van der Waals surface area contributed by atoms with E-state index in [9.17, 15) is 4.79 Å². The van der Waals surface area contributed by atoms with E-state index in [1.807, 2.05) is 13.8 Å². The van der Waals surface area contributed by atoms with Crippen molar-refractivity contribution in [3.63, 3.8) is 0 Å². The number of aliphatic imine (C=N–C) groups is 1. The van der Waals surface area contributed by atoms with Crippen molar-refractivity contribution < 1.29 is 25.9 Å². The second-order valence-corrected chi connectivity index (χ2v) is 3.22. The molecule has 1 atom stereocenters. The molecule has 5 nitrogen and oxygen atoms in total. The molecule has 1 unspecified atom stereocenters. The SMILES string of the molecule is [CH2-]C(=O)CC(C)CN=C(N)N.[CH2-]NCC.[W+2]. The second-order valence-electron chi connectivity index (χ2n) is 3.22. The van der Waals surface area contributed by atoms with Crippen molar-refractivity contribution in [3.8, 4) is 0 Å². The van der Waals surface area contributed by atoms with Gasteiger partial charge in [-0.3, -0.25) is 12.0 Å². The fraction of sp³-hybridized carbons (Fsp3) is 0.600. The van der Waals surface area contributed by atoms with Gasteiger partial charge in [-0.1, -0.05) is 13.8 Å². The van der Waals surface area contributed by atoms with Crippen LogP contribution in [-0.4, -0.2) is 24.8 Å². The van der Waals surface area contributed by atoms with Crippen LogP contribution in [0.25, 0.3) is 0 Å². The molecule has 0 heterocycles. The molecule has 0 amide bonds. The zero-order valence-corrected chi connectivity index (χ0v) is 13.0. The zero-order chi connectivity index (χ0) is 12.3. The molecule has 0 aliphatic heterocycles. The molecular formula is C10H22N4OW. The Balaban J connectivity index is -0.000000292. The van der Waals surface area contributed by atoms with Crippen molar-refractivity contribution >= 4 is 11.7 Å². The molecule has 0 radical (unpaired) electrons. The first-order chi connectivity index (χ1) is 6.93. The predicted octanol–water partition coefficient (Wildman–Crippen LogP) is 0.0742. The van der Waals surface area contributed by atoms with Gasteiger partial charge >= 0.3 is 21.1 Å². The first-order valence-corrected chi connectivity index (χ1v) is 4.84. The van der Waals surface area contributed by atoms with Crippen LogP contribution in [0, 0.1) is 19.9 Å². The molecule has 0 rings (SSSR count). The van der Waals surface area contributed by atoms with Crippen molar-refractivity contribution in [3.05, 3.63) is 14.0 Å². The average molecular weight is 398 g/mol. The summed E-state index contributed by atoms with van der Waals surface area (Å²) in [4.78, 5) is 14.2. The van der Waals surface area contributed by atoms with Crippen LogP contribution in [0.3, 0.4) is 0 Å². The number of carbonyl (C=O) groups is 1. The fourth-order valence-corrected chi connectivity index (χ4v) is 0.714. The molecule has 94 valence electrons. The second kappa shape index (κ2) is 14.5. The summed E-state index contributed by atoms with van der Waals surface area (Å²) in [5, 5.41) is 2.68. The van der Waals surface area contributed by atoms with Crippen LogP contribution < -0.4 is 16.8 Å². The summed E-state index contributed by atoms with van der Waals surface area (Å²) in [5.74, 6) is 0.152. The average Bonchev–Trinajstić information content (AvgIpc) is 2.14. The first-order valence-electron chi connectivity index (χ1n) is 4.84. The van der Waals surface area contributed by atoms with Gasteiger partial charge in [0.15, 0.2) is 5.96 Å². The quantitative estimate of drug-likeness (QED) is 0.347. The largest absolute Gasteiger partial charge is 2.00 e. The maximum Gasteiger partial charge on any atom is 2.00 e. The number of hydrogen-bond acceptors (Lipinski definition) is 3. The number of nitrogens with one attached hydrogen (secondary N) is 1. The predicted molar refractivity (Wildman–Crippen MR) is 63.9 cm³/mol. The number of guanidine groups is 1. The molecule has 0 aromatic rings. The standard InChI is InChI=1S/C7H14N3O.C3H8N.W/c1-5(3-6(2)11)4-10-7(8)9;1-3-4-2;/h5H,2-4H2,1H3,(H4,8,9,10);4H,2-3H2,1H3;/q2*-1;+2. The molecule has 16 heavy (non-hydrogen) atoms. The molecule has 0 saturated carbocycles. The van der Waals surface area contributed by atoms with Crippen LogP contribution in [0.2, 0.25) is 0 Å². The third kappa shape index (κ3) is 23.3. The van der Waals surface area contributed by atoms with Gasteiger partial charge in [0.25, 0.3) is 0 Å². The van der Waals surface area contributed by atoms with Gasteiger partial charge in [0.05, 0.1) is 0 Å². The van der Waals surface area contributed by atoms with Gasteiger partial charge < -0.3 is 28.5 Å². The summed E-state index contributed by atoms with van der Waals surface area (Å²) in [5.41, 5.74) is 10.2. The Kier molecular flexibility index (Phi) is 18.8. The van der Waals surface area contributed by atoms with Crippen LogP contribution in [0.4, 0.5) is 0 Å². The number of nitrogens with zero attached hydrogens (tertiary/aromatic N) is 1. The van der Waals surface area contributed by atoms with E-state index in [0.717, 1.165) is 6.54 Å². The van der Waals surface area contributed by atoms with Crippen molar-refractivity contribution in [2.24, 2.45) is 22.4 Å².